The maximum absolute atomic E-state index is 12.6. The molecule has 0 spiro atoms. The van der Waals surface area contributed by atoms with Gasteiger partial charge in [-0.25, -0.2) is 0 Å². The third kappa shape index (κ3) is 4.83. The number of hydrogen-bond donors (Lipinski definition) is 0. The number of benzene rings is 1. The maximum atomic E-state index is 12.6. The lowest BCUT2D eigenvalue weighted by molar-refractivity contribution is -0.199. The smallest absolute Gasteiger partial charge is 0.312 e. The van der Waals surface area contributed by atoms with Gasteiger partial charge < -0.3 is 14.2 Å². The summed E-state index contributed by atoms with van der Waals surface area (Å²) in [4.78, 5) is 12.6. The van der Waals surface area contributed by atoms with Gasteiger partial charge in [-0.1, -0.05) is 28.1 Å². The maximum Gasteiger partial charge on any atom is 0.312 e. The Labute approximate surface area is 158 Å². The summed E-state index contributed by atoms with van der Waals surface area (Å²) in [6.07, 6.45) is 7.47. The van der Waals surface area contributed by atoms with Gasteiger partial charge in [-0.2, -0.15) is 0 Å². The molecule has 1 saturated heterocycles. The van der Waals surface area contributed by atoms with Crippen molar-refractivity contribution >= 4 is 21.9 Å². The Hall–Kier alpha value is -0.910. The van der Waals surface area contributed by atoms with Gasteiger partial charge in [0.05, 0.1) is 18.6 Å². The van der Waals surface area contributed by atoms with Crippen LogP contribution < -0.4 is 0 Å². The lowest BCUT2D eigenvalue weighted by atomic mass is 9.69. The molecule has 1 aliphatic carbocycles. The van der Waals surface area contributed by atoms with Gasteiger partial charge in [-0.3, -0.25) is 4.79 Å². The second-order valence-electron chi connectivity index (χ2n) is 7.21. The van der Waals surface area contributed by atoms with Gasteiger partial charge in [0.1, 0.15) is 0 Å². The van der Waals surface area contributed by atoms with Gasteiger partial charge in [0.25, 0.3) is 0 Å². The average Bonchev–Trinajstić information content (AvgIpc) is 2.64. The minimum atomic E-state index is -0.442. The Morgan fingerprint density at radius 2 is 2.08 bits per heavy atom. The molecule has 0 amide bonds. The van der Waals surface area contributed by atoms with E-state index >= 15 is 0 Å². The van der Waals surface area contributed by atoms with Crippen LogP contribution in [0.2, 0.25) is 0 Å². The summed E-state index contributed by atoms with van der Waals surface area (Å²) in [6.45, 7) is 0.798. The van der Waals surface area contributed by atoms with Gasteiger partial charge in [-0.15, -0.1) is 0 Å². The van der Waals surface area contributed by atoms with Crippen LogP contribution in [0.25, 0.3) is 0 Å². The lowest BCUT2D eigenvalue weighted by Gasteiger charge is -2.39. The number of methoxy groups -OCH3 is 1. The van der Waals surface area contributed by atoms with Crippen molar-refractivity contribution in [2.24, 2.45) is 5.41 Å². The summed E-state index contributed by atoms with van der Waals surface area (Å²) in [6, 6.07) is 8.18. The molecule has 1 aliphatic heterocycles. The fourth-order valence-electron chi connectivity index (χ4n) is 4.02. The van der Waals surface area contributed by atoms with Crippen LogP contribution in [0.3, 0.4) is 0 Å². The van der Waals surface area contributed by atoms with Crippen molar-refractivity contribution in [3.8, 4) is 0 Å². The second-order valence-corrected chi connectivity index (χ2v) is 8.13. The quantitative estimate of drug-likeness (QED) is 0.663. The summed E-state index contributed by atoms with van der Waals surface area (Å²) in [5, 5.41) is 0. The fourth-order valence-corrected chi connectivity index (χ4v) is 4.47. The molecule has 3 rings (SSSR count). The molecule has 1 aromatic rings. The summed E-state index contributed by atoms with van der Waals surface area (Å²) in [5.74, 6) is -0.0974. The predicted octanol–water partition coefficient (Wildman–Crippen LogP) is 4.64. The Morgan fingerprint density at radius 3 is 2.72 bits per heavy atom. The molecule has 0 aromatic heterocycles. The van der Waals surface area contributed by atoms with Gasteiger partial charge in [0, 0.05) is 11.1 Å². The van der Waals surface area contributed by atoms with Crippen LogP contribution in [0.15, 0.2) is 28.7 Å². The molecule has 0 radical (unpaired) electrons. The highest BCUT2D eigenvalue weighted by molar-refractivity contribution is 9.10. The summed E-state index contributed by atoms with van der Waals surface area (Å²) < 4.78 is 18.0. The number of rotatable bonds is 5. The van der Waals surface area contributed by atoms with Gasteiger partial charge in [0.15, 0.2) is 6.29 Å². The molecule has 25 heavy (non-hydrogen) atoms. The first-order chi connectivity index (χ1) is 12.1. The third-order valence-electron chi connectivity index (χ3n) is 5.42. The van der Waals surface area contributed by atoms with E-state index in [9.17, 15) is 4.79 Å². The Kier molecular flexibility index (Phi) is 6.53. The van der Waals surface area contributed by atoms with E-state index in [0.29, 0.717) is 6.42 Å². The molecule has 1 unspecified atom stereocenters. The second kappa shape index (κ2) is 8.65. The van der Waals surface area contributed by atoms with Crippen LogP contribution in [0.1, 0.15) is 50.5 Å². The molecule has 0 bridgehead atoms. The summed E-state index contributed by atoms with van der Waals surface area (Å²) in [5.41, 5.74) is 0.720. The van der Waals surface area contributed by atoms with Crippen LogP contribution in [0.4, 0.5) is 0 Å². The monoisotopic (exact) mass is 410 g/mol. The number of carbonyl (C=O) groups excluding carboxylic acids is 1. The average molecular weight is 411 g/mol. The van der Waals surface area contributed by atoms with Crippen molar-refractivity contribution in [2.75, 3.05) is 13.7 Å². The van der Waals surface area contributed by atoms with E-state index in [4.69, 9.17) is 14.2 Å². The van der Waals surface area contributed by atoms with Crippen molar-refractivity contribution < 1.29 is 19.0 Å². The highest BCUT2D eigenvalue weighted by Gasteiger charge is 2.43. The van der Waals surface area contributed by atoms with Crippen LogP contribution >= 0.6 is 15.9 Å². The highest BCUT2D eigenvalue weighted by atomic mass is 79.9. The van der Waals surface area contributed by atoms with E-state index in [-0.39, 0.29) is 18.4 Å². The van der Waals surface area contributed by atoms with Crippen molar-refractivity contribution in [1.82, 2.24) is 0 Å². The Bertz CT molecular complexity index is 575. The normalized spacial score (nSPS) is 30.0. The van der Waals surface area contributed by atoms with Gasteiger partial charge in [-0.05, 0) is 69.1 Å². The standard InChI is InChI=1S/C20H27BrO4/c1-23-19(22)20(14-15-5-4-6-16(21)13-15)10-8-17(9-11-20)25-18-7-2-3-12-24-18/h4-6,13,17-18H,2-3,7-12,14H2,1H3. The zero-order chi connectivity index (χ0) is 17.7. The first kappa shape index (κ1) is 18.9. The number of ether oxygens (including phenoxy) is 3. The van der Waals surface area contributed by atoms with Crippen LogP contribution in [-0.2, 0) is 25.4 Å². The lowest BCUT2D eigenvalue weighted by Crippen LogP contribution is -2.41. The zero-order valence-corrected chi connectivity index (χ0v) is 16.4. The third-order valence-corrected chi connectivity index (χ3v) is 5.92. The summed E-state index contributed by atoms with van der Waals surface area (Å²) >= 11 is 3.51. The first-order valence-corrected chi connectivity index (χ1v) is 10.0. The molecule has 1 atom stereocenters. The SMILES string of the molecule is COC(=O)C1(Cc2cccc(Br)c2)CCC(OC2CCCCO2)CC1. The van der Waals surface area contributed by atoms with Crippen molar-refractivity contribution in [1.29, 1.82) is 0 Å². The molecule has 1 saturated carbocycles. The molecule has 138 valence electrons. The predicted molar refractivity (Wildman–Crippen MR) is 99.2 cm³/mol. The van der Waals surface area contributed by atoms with Crippen LogP contribution in [0, 0.1) is 5.41 Å². The van der Waals surface area contributed by atoms with Crippen molar-refractivity contribution in [3.05, 3.63) is 34.3 Å². The molecule has 5 heteroatoms. The largest absolute Gasteiger partial charge is 0.469 e. The van der Waals surface area contributed by atoms with E-state index in [1.807, 2.05) is 12.1 Å². The Morgan fingerprint density at radius 1 is 1.28 bits per heavy atom. The minimum Gasteiger partial charge on any atom is -0.469 e. The topological polar surface area (TPSA) is 44.8 Å². The van der Waals surface area contributed by atoms with E-state index < -0.39 is 5.41 Å². The Balaban J connectivity index is 1.63. The molecule has 1 aromatic carbocycles. The number of hydrogen-bond acceptors (Lipinski definition) is 4. The van der Waals surface area contributed by atoms with E-state index in [1.54, 1.807) is 0 Å². The van der Waals surface area contributed by atoms with E-state index in [0.717, 1.165) is 55.2 Å². The zero-order valence-electron chi connectivity index (χ0n) is 14.8. The molecular weight excluding hydrogens is 384 g/mol. The fraction of sp³-hybridized carbons (Fsp3) is 0.650. The molecule has 0 N–H and O–H groups in total. The van der Waals surface area contributed by atoms with Gasteiger partial charge >= 0.3 is 5.97 Å². The molecule has 2 aliphatic rings. The number of halogens is 1. The summed E-state index contributed by atoms with van der Waals surface area (Å²) in [7, 11) is 1.49. The van der Waals surface area contributed by atoms with Gasteiger partial charge in [0.2, 0.25) is 0 Å². The molecule has 2 fully saturated rings. The van der Waals surface area contributed by atoms with Crippen molar-refractivity contribution in [3.63, 3.8) is 0 Å². The highest BCUT2D eigenvalue weighted by Crippen LogP contribution is 2.42. The van der Waals surface area contributed by atoms with Crippen LogP contribution in [0.5, 0.6) is 0 Å². The van der Waals surface area contributed by atoms with E-state index in [2.05, 4.69) is 28.1 Å². The molecule has 4 nitrogen and oxygen atoms in total. The molecule has 1 heterocycles. The minimum absolute atomic E-state index is 0.0607. The number of carbonyl (C=O) groups is 1. The van der Waals surface area contributed by atoms with Crippen molar-refractivity contribution in [2.45, 2.75) is 63.8 Å². The van der Waals surface area contributed by atoms with E-state index in [1.165, 1.54) is 13.5 Å². The molecular formula is C20H27BrO4. The number of esters is 1. The van der Waals surface area contributed by atoms with Crippen LogP contribution in [-0.4, -0.2) is 32.1 Å². The first-order valence-electron chi connectivity index (χ1n) is 9.21.